The van der Waals surface area contributed by atoms with Gasteiger partial charge in [-0.25, -0.2) is 0 Å². The number of unbranched alkanes of at least 4 members (excludes halogenated alkanes) is 1. The Balaban J connectivity index is 2.54. The fraction of sp³-hybridized carbons (Fsp3) is 0.471. The van der Waals surface area contributed by atoms with Crippen LogP contribution in [0.5, 0.6) is 5.88 Å². The minimum atomic E-state index is 0.183. The van der Waals surface area contributed by atoms with Gasteiger partial charge < -0.3 is 5.11 Å². The third-order valence-electron chi connectivity index (χ3n) is 3.58. The lowest BCUT2D eigenvalue weighted by Gasteiger charge is -2.12. The monoisotopic (exact) mass is 272 g/mol. The number of nitrogens with zero attached hydrogens (tertiary/aromatic N) is 2. The first-order valence-corrected chi connectivity index (χ1v) is 7.42. The molecule has 1 aromatic carbocycles. The number of hydrogen-bond acceptors (Lipinski definition) is 2. The van der Waals surface area contributed by atoms with Crippen molar-refractivity contribution >= 4 is 0 Å². The number of aromatic nitrogens is 2. The van der Waals surface area contributed by atoms with Gasteiger partial charge >= 0.3 is 0 Å². The normalized spacial score (nSPS) is 11.2. The summed E-state index contributed by atoms with van der Waals surface area (Å²) in [5.41, 5.74) is 4.40. The summed E-state index contributed by atoms with van der Waals surface area (Å²) in [7, 11) is 0. The van der Waals surface area contributed by atoms with E-state index in [0.717, 1.165) is 36.1 Å². The number of benzene rings is 1. The van der Waals surface area contributed by atoms with Gasteiger partial charge in [0.05, 0.1) is 5.69 Å². The molecule has 0 aliphatic carbocycles. The molecule has 2 rings (SSSR count). The molecule has 0 fully saturated rings. The molecule has 0 spiro atoms. The summed E-state index contributed by atoms with van der Waals surface area (Å²) in [5.74, 6) is 0.183. The van der Waals surface area contributed by atoms with Crippen LogP contribution in [-0.4, -0.2) is 14.9 Å². The Morgan fingerprint density at radius 1 is 1.20 bits per heavy atom. The maximum Gasteiger partial charge on any atom is 0.234 e. The first-order valence-electron chi connectivity index (χ1n) is 7.42. The van der Waals surface area contributed by atoms with E-state index in [1.165, 1.54) is 5.56 Å². The van der Waals surface area contributed by atoms with Gasteiger partial charge in [-0.15, -0.1) is 5.10 Å². The molecule has 1 N–H and O–H groups in total. The quantitative estimate of drug-likeness (QED) is 0.871. The Morgan fingerprint density at radius 3 is 2.40 bits per heavy atom. The van der Waals surface area contributed by atoms with Crippen LogP contribution in [0.25, 0.3) is 11.3 Å². The SMILES string of the molecule is CCCCc1c(O)nn(C(C)C)c1-c1ccc(C)cc1. The van der Waals surface area contributed by atoms with Crippen molar-refractivity contribution in [3.05, 3.63) is 35.4 Å². The molecule has 1 aromatic heterocycles. The van der Waals surface area contributed by atoms with E-state index in [1.807, 2.05) is 4.68 Å². The van der Waals surface area contributed by atoms with Crippen LogP contribution in [0.15, 0.2) is 24.3 Å². The fourth-order valence-electron chi connectivity index (χ4n) is 2.43. The minimum absolute atomic E-state index is 0.183. The predicted octanol–water partition coefficient (Wildman–Crippen LogP) is 4.49. The Labute approximate surface area is 121 Å². The van der Waals surface area contributed by atoms with Crippen molar-refractivity contribution in [2.75, 3.05) is 0 Å². The maximum atomic E-state index is 10.2. The molecule has 108 valence electrons. The third-order valence-corrected chi connectivity index (χ3v) is 3.58. The summed E-state index contributed by atoms with van der Waals surface area (Å²) < 4.78 is 1.94. The average molecular weight is 272 g/mol. The van der Waals surface area contributed by atoms with Crippen molar-refractivity contribution in [3.63, 3.8) is 0 Å². The summed E-state index contributed by atoms with van der Waals surface area (Å²) in [6, 6.07) is 8.66. The molecule has 0 amide bonds. The zero-order valence-electron chi connectivity index (χ0n) is 12.8. The van der Waals surface area contributed by atoms with Gasteiger partial charge in [0.15, 0.2) is 0 Å². The molecule has 0 aliphatic rings. The molecule has 0 saturated carbocycles. The van der Waals surface area contributed by atoms with Crippen molar-refractivity contribution in [2.24, 2.45) is 0 Å². The van der Waals surface area contributed by atoms with Crippen molar-refractivity contribution in [1.82, 2.24) is 9.78 Å². The lowest BCUT2D eigenvalue weighted by Crippen LogP contribution is -2.05. The Morgan fingerprint density at radius 2 is 1.85 bits per heavy atom. The zero-order valence-corrected chi connectivity index (χ0v) is 12.8. The van der Waals surface area contributed by atoms with Crippen LogP contribution in [0.2, 0.25) is 0 Å². The first kappa shape index (κ1) is 14.6. The molecule has 0 atom stereocenters. The summed E-state index contributed by atoms with van der Waals surface area (Å²) >= 11 is 0. The molecule has 3 nitrogen and oxygen atoms in total. The standard InChI is InChI=1S/C17H24N2O/c1-5-6-7-15-16(14-10-8-13(4)9-11-14)19(12(2)3)18-17(15)20/h8-12H,5-7H2,1-4H3,(H,18,20). The van der Waals surface area contributed by atoms with Crippen LogP contribution < -0.4 is 0 Å². The van der Waals surface area contributed by atoms with E-state index < -0.39 is 0 Å². The molecule has 20 heavy (non-hydrogen) atoms. The largest absolute Gasteiger partial charge is 0.492 e. The highest BCUT2D eigenvalue weighted by Crippen LogP contribution is 2.33. The van der Waals surface area contributed by atoms with Gasteiger partial charge in [0.25, 0.3) is 0 Å². The molecule has 0 radical (unpaired) electrons. The van der Waals surface area contributed by atoms with Gasteiger partial charge in [0, 0.05) is 17.2 Å². The zero-order chi connectivity index (χ0) is 14.7. The van der Waals surface area contributed by atoms with E-state index in [2.05, 4.69) is 57.1 Å². The van der Waals surface area contributed by atoms with Crippen LogP contribution in [0.4, 0.5) is 0 Å². The molecule has 1 heterocycles. The molecule has 3 heteroatoms. The average Bonchev–Trinajstić information content (AvgIpc) is 2.74. The highest BCUT2D eigenvalue weighted by atomic mass is 16.3. The highest BCUT2D eigenvalue weighted by Gasteiger charge is 2.19. The van der Waals surface area contributed by atoms with Crippen LogP contribution in [-0.2, 0) is 6.42 Å². The van der Waals surface area contributed by atoms with Gasteiger partial charge in [-0.05, 0) is 33.6 Å². The van der Waals surface area contributed by atoms with Gasteiger partial charge in [0.1, 0.15) is 0 Å². The summed E-state index contributed by atoms with van der Waals surface area (Å²) in [5, 5.41) is 14.5. The van der Waals surface area contributed by atoms with Crippen LogP contribution in [0.1, 0.15) is 50.8 Å². The molecule has 0 saturated heterocycles. The van der Waals surface area contributed by atoms with E-state index >= 15 is 0 Å². The van der Waals surface area contributed by atoms with Crippen LogP contribution in [0.3, 0.4) is 0 Å². The van der Waals surface area contributed by atoms with E-state index in [9.17, 15) is 5.11 Å². The number of aryl methyl sites for hydroxylation is 1. The maximum absolute atomic E-state index is 10.2. The smallest absolute Gasteiger partial charge is 0.234 e. The van der Waals surface area contributed by atoms with E-state index in [4.69, 9.17) is 0 Å². The Kier molecular flexibility index (Phi) is 4.48. The van der Waals surface area contributed by atoms with Crippen molar-refractivity contribution in [2.45, 2.75) is 53.0 Å². The van der Waals surface area contributed by atoms with Gasteiger partial charge in [-0.2, -0.15) is 0 Å². The number of aromatic hydroxyl groups is 1. The first-order chi connectivity index (χ1) is 9.54. The number of hydrogen-bond donors (Lipinski definition) is 1. The molecule has 0 bridgehead atoms. The second-order valence-electron chi connectivity index (χ2n) is 5.66. The topological polar surface area (TPSA) is 38.1 Å². The third kappa shape index (κ3) is 2.87. The number of rotatable bonds is 5. The fourth-order valence-corrected chi connectivity index (χ4v) is 2.43. The summed E-state index contributed by atoms with van der Waals surface area (Å²) in [6.45, 7) is 8.43. The summed E-state index contributed by atoms with van der Waals surface area (Å²) in [4.78, 5) is 0. The second-order valence-corrected chi connectivity index (χ2v) is 5.66. The highest BCUT2D eigenvalue weighted by molar-refractivity contribution is 5.66. The van der Waals surface area contributed by atoms with Gasteiger partial charge in [0.2, 0.25) is 5.88 Å². The minimum Gasteiger partial charge on any atom is -0.492 e. The van der Waals surface area contributed by atoms with Gasteiger partial charge in [-0.1, -0.05) is 43.2 Å². The van der Waals surface area contributed by atoms with Crippen LogP contribution in [0, 0.1) is 6.92 Å². The van der Waals surface area contributed by atoms with E-state index in [0.29, 0.717) is 0 Å². The second kappa shape index (κ2) is 6.12. The molecule has 0 aliphatic heterocycles. The Hall–Kier alpha value is -1.77. The van der Waals surface area contributed by atoms with Crippen LogP contribution >= 0.6 is 0 Å². The molecule has 2 aromatic rings. The van der Waals surface area contributed by atoms with E-state index in [1.54, 1.807) is 0 Å². The van der Waals surface area contributed by atoms with E-state index in [-0.39, 0.29) is 11.9 Å². The van der Waals surface area contributed by atoms with Crippen molar-refractivity contribution in [3.8, 4) is 17.1 Å². The van der Waals surface area contributed by atoms with Crippen molar-refractivity contribution in [1.29, 1.82) is 0 Å². The molecule has 0 unspecified atom stereocenters. The summed E-state index contributed by atoms with van der Waals surface area (Å²) in [6.07, 6.45) is 3.05. The van der Waals surface area contributed by atoms with Gasteiger partial charge in [-0.3, -0.25) is 4.68 Å². The molecular weight excluding hydrogens is 248 g/mol. The lowest BCUT2D eigenvalue weighted by atomic mass is 10.0. The Bertz CT molecular complexity index is 567. The lowest BCUT2D eigenvalue weighted by molar-refractivity contribution is 0.423. The van der Waals surface area contributed by atoms with Crippen molar-refractivity contribution < 1.29 is 5.11 Å². The predicted molar refractivity (Wildman–Crippen MR) is 83.1 cm³/mol. The molecular formula is C17H24N2O.